The average Bonchev–Trinajstić information content (AvgIpc) is 2.16. The van der Waals surface area contributed by atoms with E-state index in [4.69, 9.17) is 5.11 Å². The van der Waals surface area contributed by atoms with Crippen LogP contribution in [0.15, 0.2) is 29.3 Å². The normalized spacial score (nSPS) is 26.8. The van der Waals surface area contributed by atoms with Gasteiger partial charge in [0.2, 0.25) is 0 Å². The largest absolute Gasteiger partial charge is 0.477 e. The number of aliphatic imine (C=N–C) groups is 1. The molecular formula is C10H13NO2. The molecule has 0 aromatic carbocycles. The molecule has 1 aliphatic carbocycles. The highest BCUT2D eigenvalue weighted by Crippen LogP contribution is 2.25. The van der Waals surface area contributed by atoms with Gasteiger partial charge in [0.25, 0.3) is 0 Å². The molecule has 0 spiro atoms. The van der Waals surface area contributed by atoms with Gasteiger partial charge in [0.05, 0.1) is 5.54 Å². The van der Waals surface area contributed by atoms with Crippen molar-refractivity contribution in [2.45, 2.75) is 25.3 Å². The third-order valence-electron chi connectivity index (χ3n) is 2.17. The Morgan fingerprint density at radius 2 is 2.46 bits per heavy atom. The molecule has 0 saturated carbocycles. The maximum absolute atomic E-state index is 10.3. The Morgan fingerprint density at radius 1 is 1.69 bits per heavy atom. The van der Waals surface area contributed by atoms with Gasteiger partial charge in [-0.3, -0.25) is 4.99 Å². The maximum Gasteiger partial charge on any atom is 0.346 e. The molecule has 0 aromatic heterocycles. The number of carboxylic acids is 1. The Hall–Kier alpha value is -1.38. The summed E-state index contributed by atoms with van der Waals surface area (Å²) in [5, 5.41) is 8.46. The average molecular weight is 179 g/mol. The van der Waals surface area contributed by atoms with Crippen molar-refractivity contribution in [3.8, 4) is 0 Å². The highest BCUT2D eigenvalue weighted by Gasteiger charge is 2.22. The first-order chi connectivity index (χ1) is 6.18. The zero-order valence-electron chi connectivity index (χ0n) is 7.60. The van der Waals surface area contributed by atoms with Crippen molar-refractivity contribution in [1.29, 1.82) is 0 Å². The fraction of sp³-hybridized carbons (Fsp3) is 0.400. The Balaban J connectivity index is 2.76. The van der Waals surface area contributed by atoms with Gasteiger partial charge in [0, 0.05) is 0 Å². The summed E-state index contributed by atoms with van der Waals surface area (Å²) in [6, 6.07) is 0. The molecule has 0 fully saturated rings. The van der Waals surface area contributed by atoms with Gasteiger partial charge in [-0.1, -0.05) is 31.2 Å². The minimum absolute atomic E-state index is 0.326. The lowest BCUT2D eigenvalue weighted by molar-refractivity contribution is -0.128. The third-order valence-corrected chi connectivity index (χ3v) is 2.17. The molecule has 1 aliphatic rings. The molecule has 0 amide bonds. The monoisotopic (exact) mass is 179 g/mol. The van der Waals surface area contributed by atoms with Crippen molar-refractivity contribution in [2.75, 3.05) is 0 Å². The predicted octanol–water partition coefficient (Wildman–Crippen LogP) is 1.81. The number of carboxylic acid groups (broad SMARTS) is 1. The molecule has 0 saturated heterocycles. The van der Waals surface area contributed by atoms with Crippen molar-refractivity contribution in [2.24, 2.45) is 4.99 Å². The minimum atomic E-state index is -0.990. The van der Waals surface area contributed by atoms with Gasteiger partial charge in [0.1, 0.15) is 6.21 Å². The number of nitrogens with zero attached hydrogens (tertiary/aromatic N) is 1. The number of carbonyl (C=O) groups is 1. The summed E-state index contributed by atoms with van der Waals surface area (Å²) in [4.78, 5) is 14.4. The zero-order chi connectivity index (χ0) is 9.73. The molecule has 1 N–H and O–H groups in total. The van der Waals surface area contributed by atoms with Crippen molar-refractivity contribution < 1.29 is 9.90 Å². The van der Waals surface area contributed by atoms with Crippen LogP contribution < -0.4 is 0 Å². The van der Waals surface area contributed by atoms with E-state index in [0.29, 0.717) is 0 Å². The SMILES string of the molecule is CCC1(/N=C/C(=O)O)C=CC=CC1. The lowest BCUT2D eigenvalue weighted by Crippen LogP contribution is -2.24. The summed E-state index contributed by atoms with van der Waals surface area (Å²) in [7, 11) is 0. The second-order valence-electron chi connectivity index (χ2n) is 3.04. The van der Waals surface area contributed by atoms with Crippen LogP contribution in [-0.2, 0) is 4.79 Å². The van der Waals surface area contributed by atoms with E-state index in [1.54, 1.807) is 0 Å². The molecule has 0 radical (unpaired) electrons. The number of hydrogen-bond donors (Lipinski definition) is 1. The molecule has 1 rings (SSSR count). The summed E-state index contributed by atoms with van der Waals surface area (Å²) in [6.45, 7) is 2.00. The Morgan fingerprint density at radius 3 is 2.92 bits per heavy atom. The van der Waals surface area contributed by atoms with E-state index in [2.05, 4.69) is 4.99 Å². The standard InChI is InChI=1S/C10H13NO2/c1-2-10(11-8-9(12)13)6-4-3-5-7-10/h3-6,8H,2,7H2,1H3,(H,12,13)/b11-8+. The van der Waals surface area contributed by atoms with Gasteiger partial charge in [-0.25, -0.2) is 4.79 Å². The smallest absolute Gasteiger partial charge is 0.346 e. The Labute approximate surface area is 77.5 Å². The molecule has 0 heterocycles. The molecule has 0 aromatic rings. The highest BCUT2D eigenvalue weighted by atomic mass is 16.4. The maximum atomic E-state index is 10.3. The van der Waals surface area contributed by atoms with E-state index in [-0.39, 0.29) is 5.54 Å². The lowest BCUT2D eigenvalue weighted by atomic mass is 9.89. The number of rotatable bonds is 3. The summed E-state index contributed by atoms with van der Waals surface area (Å²) >= 11 is 0. The first-order valence-electron chi connectivity index (χ1n) is 4.31. The topological polar surface area (TPSA) is 49.7 Å². The molecular weight excluding hydrogens is 166 g/mol. The van der Waals surface area contributed by atoms with Crippen LogP contribution in [-0.4, -0.2) is 22.8 Å². The van der Waals surface area contributed by atoms with Gasteiger partial charge in [-0.2, -0.15) is 0 Å². The molecule has 0 aliphatic heterocycles. The van der Waals surface area contributed by atoms with Gasteiger partial charge >= 0.3 is 5.97 Å². The van der Waals surface area contributed by atoms with E-state index in [9.17, 15) is 4.79 Å². The van der Waals surface area contributed by atoms with Crippen molar-refractivity contribution in [1.82, 2.24) is 0 Å². The fourth-order valence-electron chi connectivity index (χ4n) is 1.29. The number of aliphatic carboxylic acids is 1. The Bertz CT molecular complexity index is 279. The number of allylic oxidation sites excluding steroid dienone is 2. The Kier molecular flexibility index (Phi) is 3.01. The van der Waals surface area contributed by atoms with Crippen LogP contribution in [0.25, 0.3) is 0 Å². The van der Waals surface area contributed by atoms with Gasteiger partial charge in [0.15, 0.2) is 0 Å². The van der Waals surface area contributed by atoms with E-state index in [1.165, 1.54) is 0 Å². The van der Waals surface area contributed by atoms with Crippen LogP contribution in [0.1, 0.15) is 19.8 Å². The number of hydrogen-bond acceptors (Lipinski definition) is 2. The molecule has 1 atom stereocenters. The van der Waals surface area contributed by atoms with Crippen LogP contribution >= 0.6 is 0 Å². The van der Waals surface area contributed by atoms with Crippen molar-refractivity contribution >= 4 is 12.2 Å². The van der Waals surface area contributed by atoms with Crippen molar-refractivity contribution in [3.63, 3.8) is 0 Å². The van der Waals surface area contributed by atoms with Crippen LogP contribution in [0, 0.1) is 0 Å². The highest BCUT2D eigenvalue weighted by molar-refractivity contribution is 6.22. The lowest BCUT2D eigenvalue weighted by Gasteiger charge is -2.24. The second kappa shape index (κ2) is 4.03. The van der Waals surface area contributed by atoms with E-state index < -0.39 is 5.97 Å². The van der Waals surface area contributed by atoms with Crippen LogP contribution in [0.4, 0.5) is 0 Å². The first kappa shape index (κ1) is 9.71. The zero-order valence-corrected chi connectivity index (χ0v) is 7.60. The van der Waals surface area contributed by atoms with E-state index >= 15 is 0 Å². The van der Waals surface area contributed by atoms with Gasteiger partial charge in [-0.15, -0.1) is 0 Å². The second-order valence-corrected chi connectivity index (χ2v) is 3.04. The van der Waals surface area contributed by atoms with Gasteiger partial charge in [-0.05, 0) is 12.8 Å². The quantitative estimate of drug-likeness (QED) is 0.671. The molecule has 13 heavy (non-hydrogen) atoms. The molecule has 0 bridgehead atoms. The predicted molar refractivity (Wildman–Crippen MR) is 52.0 cm³/mol. The van der Waals surface area contributed by atoms with Crippen molar-refractivity contribution in [3.05, 3.63) is 24.3 Å². The molecule has 70 valence electrons. The minimum Gasteiger partial charge on any atom is -0.477 e. The molecule has 1 unspecified atom stereocenters. The fourth-order valence-corrected chi connectivity index (χ4v) is 1.29. The van der Waals surface area contributed by atoms with Crippen LogP contribution in [0.2, 0.25) is 0 Å². The van der Waals surface area contributed by atoms with E-state index in [1.807, 2.05) is 31.2 Å². The summed E-state index contributed by atoms with van der Waals surface area (Å²) in [5.74, 6) is -0.990. The van der Waals surface area contributed by atoms with Crippen LogP contribution in [0.3, 0.4) is 0 Å². The summed E-state index contributed by atoms with van der Waals surface area (Å²) in [6.07, 6.45) is 10.4. The van der Waals surface area contributed by atoms with E-state index in [0.717, 1.165) is 19.1 Å². The first-order valence-corrected chi connectivity index (χ1v) is 4.31. The van der Waals surface area contributed by atoms with Crippen LogP contribution in [0.5, 0.6) is 0 Å². The summed E-state index contributed by atoms with van der Waals surface area (Å²) < 4.78 is 0. The molecule has 3 nitrogen and oxygen atoms in total. The van der Waals surface area contributed by atoms with Gasteiger partial charge < -0.3 is 5.11 Å². The summed E-state index contributed by atoms with van der Waals surface area (Å²) in [5.41, 5.74) is -0.326. The third kappa shape index (κ3) is 2.54. The molecule has 3 heteroatoms.